The fraction of sp³-hybridized carbons (Fsp3) is 0.182. The summed E-state index contributed by atoms with van der Waals surface area (Å²) in [6.07, 6.45) is 0. The molecule has 4 rings (SSSR count). The van der Waals surface area contributed by atoms with E-state index >= 15 is 0 Å². The molecule has 4 aromatic carbocycles. The molecular formula is C22H21N. The molecule has 0 aliphatic rings. The third kappa shape index (κ3) is 2.08. The Labute approximate surface area is 136 Å². The Morgan fingerprint density at radius 3 is 2.09 bits per heavy atom. The Balaban J connectivity index is 2.28. The third-order valence-electron chi connectivity index (χ3n) is 4.69. The van der Waals surface area contributed by atoms with E-state index in [1.807, 2.05) is 0 Å². The Bertz CT molecular complexity index is 1050. The smallest absolute Gasteiger partial charge is 0.0358 e. The van der Waals surface area contributed by atoms with Gasteiger partial charge in [-0.2, -0.15) is 0 Å². The summed E-state index contributed by atoms with van der Waals surface area (Å²) >= 11 is 0. The van der Waals surface area contributed by atoms with E-state index in [9.17, 15) is 0 Å². The predicted octanol–water partition coefficient (Wildman–Crippen LogP) is 6.03. The van der Waals surface area contributed by atoms with Crippen LogP contribution in [0.5, 0.6) is 0 Å². The summed E-state index contributed by atoms with van der Waals surface area (Å²) in [5.74, 6) is 0. The molecule has 0 amide bonds. The van der Waals surface area contributed by atoms with E-state index in [0.717, 1.165) is 5.69 Å². The summed E-state index contributed by atoms with van der Waals surface area (Å²) in [6, 6.07) is 21.7. The second-order valence-electron chi connectivity index (χ2n) is 7.33. The van der Waals surface area contributed by atoms with Crippen molar-refractivity contribution in [2.45, 2.75) is 26.2 Å². The Morgan fingerprint density at radius 2 is 1.30 bits per heavy atom. The van der Waals surface area contributed by atoms with Crippen molar-refractivity contribution in [1.82, 2.24) is 0 Å². The second kappa shape index (κ2) is 4.73. The number of fused-ring (bicyclic) bond motifs is 5. The number of nitrogens with two attached hydrogens (primary N) is 1. The molecule has 0 atom stereocenters. The monoisotopic (exact) mass is 299 g/mol. The maximum Gasteiger partial charge on any atom is 0.0358 e. The molecular weight excluding hydrogens is 278 g/mol. The van der Waals surface area contributed by atoms with Crippen molar-refractivity contribution >= 4 is 38.0 Å². The van der Waals surface area contributed by atoms with Gasteiger partial charge in [0.15, 0.2) is 0 Å². The van der Waals surface area contributed by atoms with Gasteiger partial charge in [-0.1, -0.05) is 75.4 Å². The first-order valence-electron chi connectivity index (χ1n) is 8.10. The van der Waals surface area contributed by atoms with Crippen molar-refractivity contribution in [3.63, 3.8) is 0 Å². The fourth-order valence-corrected chi connectivity index (χ4v) is 3.77. The number of benzene rings is 4. The molecule has 23 heavy (non-hydrogen) atoms. The van der Waals surface area contributed by atoms with Gasteiger partial charge < -0.3 is 5.73 Å². The molecule has 0 fully saturated rings. The topological polar surface area (TPSA) is 26.0 Å². The average Bonchev–Trinajstić information content (AvgIpc) is 2.52. The van der Waals surface area contributed by atoms with E-state index in [1.54, 1.807) is 0 Å². The van der Waals surface area contributed by atoms with Gasteiger partial charge in [-0.15, -0.1) is 0 Å². The van der Waals surface area contributed by atoms with Crippen LogP contribution in [0, 0.1) is 0 Å². The van der Waals surface area contributed by atoms with Crippen LogP contribution < -0.4 is 5.73 Å². The highest BCUT2D eigenvalue weighted by atomic mass is 14.6. The van der Waals surface area contributed by atoms with Crippen LogP contribution in [0.4, 0.5) is 5.69 Å². The fourth-order valence-electron chi connectivity index (χ4n) is 3.77. The first-order chi connectivity index (χ1) is 11.0. The van der Waals surface area contributed by atoms with Gasteiger partial charge in [-0.25, -0.2) is 0 Å². The summed E-state index contributed by atoms with van der Waals surface area (Å²) < 4.78 is 0. The lowest BCUT2D eigenvalue weighted by Crippen LogP contribution is -2.14. The van der Waals surface area contributed by atoms with Crippen LogP contribution in [0.2, 0.25) is 0 Å². The average molecular weight is 299 g/mol. The molecule has 0 saturated carbocycles. The van der Waals surface area contributed by atoms with E-state index in [-0.39, 0.29) is 5.41 Å². The zero-order valence-electron chi connectivity index (χ0n) is 13.9. The zero-order valence-corrected chi connectivity index (χ0v) is 13.9. The second-order valence-corrected chi connectivity index (χ2v) is 7.33. The van der Waals surface area contributed by atoms with Crippen LogP contribution in [0.3, 0.4) is 0 Å². The quantitative estimate of drug-likeness (QED) is 0.311. The van der Waals surface area contributed by atoms with Crippen LogP contribution in [-0.4, -0.2) is 0 Å². The highest BCUT2D eigenvalue weighted by molar-refractivity contribution is 6.21. The Morgan fingerprint density at radius 1 is 0.652 bits per heavy atom. The van der Waals surface area contributed by atoms with Gasteiger partial charge in [0.2, 0.25) is 0 Å². The van der Waals surface area contributed by atoms with E-state index in [4.69, 9.17) is 5.73 Å². The molecule has 0 aromatic heterocycles. The standard InChI is InChI=1S/C22H21N/c1-22(2,3)21-18-11-10-15-9-8-14-6-4-5-7-16(14)20(15)17(18)12-13-19(21)23/h4-13H,23H2,1-3H3. The minimum Gasteiger partial charge on any atom is -0.398 e. The maximum absolute atomic E-state index is 6.33. The largest absolute Gasteiger partial charge is 0.398 e. The minimum absolute atomic E-state index is 0.0157. The SMILES string of the molecule is CC(C)(C)c1c(N)ccc2c1ccc1ccc3ccccc3c12. The summed E-state index contributed by atoms with van der Waals surface area (Å²) in [4.78, 5) is 0. The van der Waals surface area contributed by atoms with Crippen molar-refractivity contribution in [3.8, 4) is 0 Å². The molecule has 1 heteroatoms. The molecule has 0 spiro atoms. The van der Waals surface area contributed by atoms with Crippen molar-refractivity contribution in [3.05, 3.63) is 66.2 Å². The molecule has 2 N–H and O–H groups in total. The van der Waals surface area contributed by atoms with Crippen LogP contribution in [0.15, 0.2) is 60.7 Å². The molecule has 0 heterocycles. The van der Waals surface area contributed by atoms with Gasteiger partial charge in [-0.3, -0.25) is 0 Å². The molecule has 0 unspecified atom stereocenters. The van der Waals surface area contributed by atoms with Gasteiger partial charge in [0.1, 0.15) is 0 Å². The van der Waals surface area contributed by atoms with Crippen molar-refractivity contribution < 1.29 is 0 Å². The molecule has 1 nitrogen and oxygen atoms in total. The summed E-state index contributed by atoms with van der Waals surface area (Å²) in [5, 5.41) is 7.74. The van der Waals surface area contributed by atoms with Gasteiger partial charge in [-0.05, 0) is 49.4 Å². The van der Waals surface area contributed by atoms with Crippen LogP contribution in [-0.2, 0) is 5.41 Å². The van der Waals surface area contributed by atoms with Crippen LogP contribution in [0.25, 0.3) is 32.3 Å². The minimum atomic E-state index is 0.0157. The number of hydrogen-bond acceptors (Lipinski definition) is 1. The van der Waals surface area contributed by atoms with Crippen molar-refractivity contribution in [2.75, 3.05) is 5.73 Å². The maximum atomic E-state index is 6.33. The number of nitrogen functional groups attached to an aromatic ring is 1. The lowest BCUT2D eigenvalue weighted by Gasteiger charge is -2.24. The van der Waals surface area contributed by atoms with Gasteiger partial charge >= 0.3 is 0 Å². The van der Waals surface area contributed by atoms with Gasteiger partial charge in [0.25, 0.3) is 0 Å². The third-order valence-corrected chi connectivity index (χ3v) is 4.69. The van der Waals surface area contributed by atoms with E-state index in [1.165, 1.54) is 37.9 Å². The molecule has 114 valence electrons. The van der Waals surface area contributed by atoms with E-state index in [2.05, 4.69) is 81.4 Å². The highest BCUT2D eigenvalue weighted by Crippen LogP contribution is 2.39. The molecule has 0 aliphatic heterocycles. The number of anilines is 1. The van der Waals surface area contributed by atoms with Crippen molar-refractivity contribution in [1.29, 1.82) is 0 Å². The van der Waals surface area contributed by atoms with Crippen LogP contribution >= 0.6 is 0 Å². The molecule has 0 bridgehead atoms. The normalized spacial score (nSPS) is 12.3. The van der Waals surface area contributed by atoms with E-state index in [0.29, 0.717) is 0 Å². The van der Waals surface area contributed by atoms with Gasteiger partial charge in [0, 0.05) is 5.69 Å². The molecule has 0 saturated heterocycles. The van der Waals surface area contributed by atoms with E-state index < -0.39 is 0 Å². The Hall–Kier alpha value is -2.54. The molecule has 0 radical (unpaired) electrons. The summed E-state index contributed by atoms with van der Waals surface area (Å²) in [7, 11) is 0. The number of hydrogen-bond donors (Lipinski definition) is 1. The highest BCUT2D eigenvalue weighted by Gasteiger charge is 2.20. The first kappa shape index (κ1) is 14.1. The lowest BCUT2D eigenvalue weighted by molar-refractivity contribution is 0.598. The predicted molar refractivity (Wildman–Crippen MR) is 102 cm³/mol. The lowest BCUT2D eigenvalue weighted by atomic mass is 9.81. The summed E-state index contributed by atoms with van der Waals surface area (Å²) in [6.45, 7) is 6.68. The summed E-state index contributed by atoms with van der Waals surface area (Å²) in [5.41, 5.74) is 8.47. The zero-order chi connectivity index (χ0) is 16.2. The van der Waals surface area contributed by atoms with Crippen molar-refractivity contribution in [2.24, 2.45) is 0 Å². The Kier molecular flexibility index (Phi) is 2.89. The van der Waals surface area contributed by atoms with Crippen LogP contribution in [0.1, 0.15) is 26.3 Å². The molecule has 4 aromatic rings. The molecule has 0 aliphatic carbocycles. The number of rotatable bonds is 0. The first-order valence-corrected chi connectivity index (χ1v) is 8.10. The van der Waals surface area contributed by atoms with Gasteiger partial charge in [0.05, 0.1) is 0 Å².